The fourth-order valence-corrected chi connectivity index (χ4v) is 7.09. The number of nitrogens with zero attached hydrogens (tertiary/aromatic N) is 2. The molecule has 1 heterocycles. The fraction of sp³-hybridized carbons (Fsp3) is 0.333. The number of ether oxygens (including phenoxy) is 4. The fourth-order valence-electron chi connectivity index (χ4n) is 5.84. The average Bonchev–Trinajstić information content (AvgIpc) is 3.35. The number of benzene rings is 4. The smallest absolute Gasteiger partial charge is 0.413 e. The van der Waals surface area contributed by atoms with Crippen molar-refractivity contribution in [3.05, 3.63) is 129 Å². The van der Waals surface area contributed by atoms with Gasteiger partial charge in [0.25, 0.3) is 5.69 Å². The van der Waals surface area contributed by atoms with Crippen LogP contribution in [0.2, 0.25) is 5.02 Å². The lowest BCUT2D eigenvalue weighted by atomic mass is 9.90. The van der Waals surface area contributed by atoms with Crippen LogP contribution >= 0.6 is 23.4 Å². The van der Waals surface area contributed by atoms with Gasteiger partial charge in [0.15, 0.2) is 0 Å². The van der Waals surface area contributed by atoms with Crippen molar-refractivity contribution in [1.29, 1.82) is 0 Å². The standard InChI is InChI=1S/C39H41ClN2O8S/c1-37(2,3)50-36(44)41-38(4,5)49-26-39(41,25-48-35(43)32-16-9-10-17-34(32)42(45)46)21-20-28-18-19-31(23-33(28)40)51-30-15-11-14-29(22-30)47-24-27-12-7-6-8-13-27/h6-19,22-23H,20-21,24-26H2,1-5H3. The van der Waals surface area contributed by atoms with E-state index in [1.807, 2.05) is 72.8 Å². The molecular weight excluding hydrogens is 692 g/mol. The van der Waals surface area contributed by atoms with Gasteiger partial charge in [-0.05, 0) is 95.0 Å². The molecule has 10 nitrogen and oxygen atoms in total. The van der Waals surface area contributed by atoms with Crippen molar-refractivity contribution < 1.29 is 33.5 Å². The van der Waals surface area contributed by atoms with Gasteiger partial charge in [-0.3, -0.25) is 15.0 Å². The van der Waals surface area contributed by atoms with Gasteiger partial charge >= 0.3 is 12.1 Å². The number of hydrogen-bond acceptors (Lipinski definition) is 9. The number of aryl methyl sites for hydroxylation is 1. The molecule has 1 amide bonds. The number of nitro groups is 1. The Labute approximate surface area is 307 Å². The predicted molar refractivity (Wildman–Crippen MR) is 195 cm³/mol. The second-order valence-electron chi connectivity index (χ2n) is 13.7. The van der Waals surface area contributed by atoms with Gasteiger partial charge in [0.1, 0.15) is 41.4 Å². The molecule has 0 bridgehead atoms. The van der Waals surface area contributed by atoms with Crippen molar-refractivity contribution in [2.75, 3.05) is 13.2 Å². The molecule has 1 fully saturated rings. The van der Waals surface area contributed by atoms with E-state index in [0.717, 1.165) is 26.7 Å². The number of carbonyl (C=O) groups is 2. The normalized spacial score (nSPS) is 16.8. The number of hydrogen-bond donors (Lipinski definition) is 0. The van der Waals surface area contributed by atoms with E-state index in [4.69, 9.17) is 30.5 Å². The van der Waals surface area contributed by atoms with Gasteiger partial charge in [0.05, 0.1) is 11.5 Å². The molecule has 4 aromatic carbocycles. The zero-order valence-corrected chi connectivity index (χ0v) is 30.8. The molecule has 0 aromatic heterocycles. The molecule has 0 spiro atoms. The second-order valence-corrected chi connectivity index (χ2v) is 15.3. The van der Waals surface area contributed by atoms with Gasteiger partial charge in [-0.2, -0.15) is 0 Å². The summed E-state index contributed by atoms with van der Waals surface area (Å²) in [5.74, 6) is -0.125. The van der Waals surface area contributed by atoms with E-state index < -0.39 is 33.9 Å². The van der Waals surface area contributed by atoms with Crippen LogP contribution in [0.4, 0.5) is 10.5 Å². The molecular formula is C39H41ClN2O8S. The summed E-state index contributed by atoms with van der Waals surface area (Å²) in [6.45, 7) is 8.96. The highest BCUT2D eigenvalue weighted by molar-refractivity contribution is 7.99. The average molecular weight is 733 g/mol. The van der Waals surface area contributed by atoms with Gasteiger partial charge in [-0.15, -0.1) is 0 Å². The Morgan fingerprint density at radius 3 is 2.37 bits per heavy atom. The van der Waals surface area contributed by atoms with E-state index >= 15 is 0 Å². The second kappa shape index (κ2) is 15.8. The van der Waals surface area contributed by atoms with Crippen molar-refractivity contribution in [3.63, 3.8) is 0 Å². The van der Waals surface area contributed by atoms with E-state index in [2.05, 4.69) is 0 Å². The van der Waals surface area contributed by atoms with Crippen LogP contribution in [-0.2, 0) is 27.2 Å². The Kier molecular flexibility index (Phi) is 11.6. The van der Waals surface area contributed by atoms with Crippen LogP contribution in [0.15, 0.2) is 107 Å². The SMILES string of the molecule is CC(C)(C)OC(=O)N1C(CCc2ccc(Sc3cccc(OCc4ccccc4)c3)cc2Cl)(COC(=O)c2ccccc2[N+](=O)[O-])COC1(C)C. The summed E-state index contributed by atoms with van der Waals surface area (Å²) in [5, 5.41) is 12.1. The maximum atomic E-state index is 13.7. The summed E-state index contributed by atoms with van der Waals surface area (Å²) in [6.07, 6.45) is 0.0425. The van der Waals surface area contributed by atoms with Crippen LogP contribution in [0.5, 0.6) is 5.75 Å². The van der Waals surface area contributed by atoms with Crippen molar-refractivity contribution >= 4 is 41.1 Å². The quantitative estimate of drug-likeness (QED) is 0.0797. The van der Waals surface area contributed by atoms with Crippen LogP contribution in [0, 0.1) is 10.1 Å². The largest absolute Gasteiger partial charge is 0.489 e. The third kappa shape index (κ3) is 9.61. The Morgan fingerprint density at radius 2 is 1.67 bits per heavy atom. The lowest BCUT2D eigenvalue weighted by Crippen LogP contribution is -2.59. The first-order valence-corrected chi connectivity index (χ1v) is 17.7. The molecule has 1 aliphatic heterocycles. The van der Waals surface area contributed by atoms with Crippen molar-refractivity contribution in [2.24, 2.45) is 0 Å². The minimum absolute atomic E-state index is 0.0254. The Morgan fingerprint density at radius 1 is 0.961 bits per heavy atom. The molecule has 4 aromatic rings. The number of halogens is 1. The molecule has 268 valence electrons. The predicted octanol–water partition coefficient (Wildman–Crippen LogP) is 9.51. The summed E-state index contributed by atoms with van der Waals surface area (Å²) in [4.78, 5) is 41.3. The maximum absolute atomic E-state index is 13.7. The van der Waals surface area contributed by atoms with Crippen LogP contribution in [0.25, 0.3) is 0 Å². The summed E-state index contributed by atoms with van der Waals surface area (Å²) >= 11 is 8.40. The molecule has 1 unspecified atom stereocenters. The maximum Gasteiger partial charge on any atom is 0.413 e. The van der Waals surface area contributed by atoms with E-state index in [1.54, 1.807) is 46.4 Å². The van der Waals surface area contributed by atoms with E-state index in [1.165, 1.54) is 29.2 Å². The van der Waals surface area contributed by atoms with E-state index in [9.17, 15) is 19.7 Å². The first-order valence-electron chi connectivity index (χ1n) is 16.5. The number of carbonyl (C=O) groups excluding carboxylic acids is 2. The third-order valence-corrected chi connectivity index (χ3v) is 9.58. The minimum atomic E-state index is -1.18. The van der Waals surface area contributed by atoms with Gasteiger partial charge < -0.3 is 18.9 Å². The number of para-hydroxylation sites is 1. The number of amides is 1. The molecule has 0 saturated carbocycles. The molecule has 5 rings (SSSR count). The van der Waals surface area contributed by atoms with Gasteiger partial charge in [0, 0.05) is 20.9 Å². The Balaban J connectivity index is 1.34. The van der Waals surface area contributed by atoms with Gasteiger partial charge in [-0.25, -0.2) is 9.59 Å². The summed E-state index contributed by atoms with van der Waals surface area (Å²) in [6, 6.07) is 29.2. The molecule has 1 atom stereocenters. The lowest BCUT2D eigenvalue weighted by molar-refractivity contribution is -0.385. The molecule has 0 radical (unpaired) electrons. The lowest BCUT2D eigenvalue weighted by Gasteiger charge is -2.42. The summed E-state index contributed by atoms with van der Waals surface area (Å²) < 4.78 is 23.7. The number of rotatable bonds is 12. The summed E-state index contributed by atoms with van der Waals surface area (Å²) in [7, 11) is 0. The first kappa shape index (κ1) is 37.7. The molecule has 1 saturated heterocycles. The van der Waals surface area contributed by atoms with Crippen molar-refractivity contribution in [3.8, 4) is 5.75 Å². The van der Waals surface area contributed by atoms with E-state index in [0.29, 0.717) is 18.1 Å². The van der Waals surface area contributed by atoms with Crippen LogP contribution < -0.4 is 4.74 Å². The Hall–Kier alpha value is -4.58. The zero-order valence-electron chi connectivity index (χ0n) is 29.2. The first-order chi connectivity index (χ1) is 24.2. The highest BCUT2D eigenvalue weighted by atomic mass is 35.5. The third-order valence-electron chi connectivity index (χ3n) is 8.25. The monoisotopic (exact) mass is 732 g/mol. The van der Waals surface area contributed by atoms with Crippen LogP contribution in [0.3, 0.4) is 0 Å². The Bertz CT molecular complexity index is 1880. The minimum Gasteiger partial charge on any atom is -0.489 e. The molecule has 0 N–H and O–H groups in total. The van der Waals surface area contributed by atoms with Crippen LogP contribution in [0.1, 0.15) is 62.5 Å². The topological polar surface area (TPSA) is 117 Å². The molecule has 51 heavy (non-hydrogen) atoms. The summed E-state index contributed by atoms with van der Waals surface area (Å²) in [5.41, 5.74) is -1.77. The highest BCUT2D eigenvalue weighted by Gasteiger charge is 2.56. The number of nitro benzene ring substituents is 1. The molecule has 0 aliphatic carbocycles. The highest BCUT2D eigenvalue weighted by Crippen LogP contribution is 2.41. The molecule has 12 heteroatoms. The number of esters is 1. The van der Waals surface area contributed by atoms with E-state index in [-0.39, 0.29) is 30.9 Å². The zero-order chi connectivity index (χ0) is 36.8. The van der Waals surface area contributed by atoms with Gasteiger partial charge in [-0.1, -0.05) is 78.0 Å². The van der Waals surface area contributed by atoms with Crippen molar-refractivity contribution in [1.82, 2.24) is 4.90 Å². The van der Waals surface area contributed by atoms with Crippen LogP contribution in [-0.4, -0.2) is 52.0 Å². The molecule has 1 aliphatic rings. The van der Waals surface area contributed by atoms with Crippen molar-refractivity contribution in [2.45, 2.75) is 80.7 Å². The van der Waals surface area contributed by atoms with Gasteiger partial charge in [0.2, 0.25) is 0 Å².